The van der Waals surface area contributed by atoms with E-state index < -0.39 is 0 Å². The van der Waals surface area contributed by atoms with E-state index in [-0.39, 0.29) is 6.04 Å². The van der Waals surface area contributed by atoms with Crippen molar-refractivity contribution < 1.29 is 4.52 Å². The van der Waals surface area contributed by atoms with E-state index in [1.165, 1.54) is 6.33 Å². The third-order valence-corrected chi connectivity index (χ3v) is 6.49. The maximum atomic E-state index is 6.29. The van der Waals surface area contributed by atoms with Gasteiger partial charge in [-0.05, 0) is 52.6 Å². The van der Waals surface area contributed by atoms with Gasteiger partial charge >= 0.3 is 0 Å². The van der Waals surface area contributed by atoms with E-state index in [0.29, 0.717) is 40.2 Å². The second-order valence-electron chi connectivity index (χ2n) is 9.08. The van der Waals surface area contributed by atoms with Gasteiger partial charge in [0.05, 0.1) is 23.0 Å². The number of hydrogen-bond donors (Lipinski definition) is 2. The van der Waals surface area contributed by atoms with E-state index in [0.717, 1.165) is 55.8 Å². The average Bonchev–Trinajstić information content (AvgIpc) is 3.22. The molecule has 0 atom stereocenters. The van der Waals surface area contributed by atoms with E-state index in [9.17, 15) is 0 Å². The smallest absolute Gasteiger partial charge is 0.164 e. The lowest BCUT2D eigenvalue weighted by Gasteiger charge is -2.23. The highest BCUT2D eigenvalue weighted by molar-refractivity contribution is 6.00. The van der Waals surface area contributed by atoms with E-state index in [1.54, 1.807) is 0 Å². The van der Waals surface area contributed by atoms with Crippen LogP contribution in [0.5, 0.6) is 0 Å². The largest absolute Gasteiger partial charge is 0.383 e. The van der Waals surface area contributed by atoms with Crippen LogP contribution in [0.1, 0.15) is 63.3 Å². The zero-order chi connectivity index (χ0) is 21.8. The van der Waals surface area contributed by atoms with Gasteiger partial charge in [0, 0.05) is 24.2 Å². The molecule has 1 saturated carbocycles. The number of hydrogen-bond acceptors (Lipinski definition) is 8. The van der Waals surface area contributed by atoms with Crippen LogP contribution < -0.4 is 11.1 Å². The van der Waals surface area contributed by atoms with E-state index in [1.807, 2.05) is 11.0 Å². The average molecular weight is 434 g/mol. The normalized spacial score (nSPS) is 17.6. The second-order valence-corrected chi connectivity index (χ2v) is 9.08. The van der Waals surface area contributed by atoms with Crippen molar-refractivity contribution in [3.8, 4) is 22.6 Å². The van der Waals surface area contributed by atoms with Crippen LogP contribution in [0.3, 0.4) is 0 Å². The second kappa shape index (κ2) is 7.40. The van der Waals surface area contributed by atoms with Crippen LogP contribution in [0.2, 0.25) is 0 Å². The molecule has 2 aliphatic rings. The van der Waals surface area contributed by atoms with Gasteiger partial charge in [0.25, 0.3) is 0 Å². The van der Waals surface area contributed by atoms with Crippen LogP contribution in [0.4, 0.5) is 5.82 Å². The Morgan fingerprint density at radius 1 is 1.09 bits per heavy atom. The fourth-order valence-electron chi connectivity index (χ4n) is 4.63. The van der Waals surface area contributed by atoms with Crippen molar-refractivity contribution in [3.05, 3.63) is 24.6 Å². The molecule has 0 unspecified atom stereocenters. The summed E-state index contributed by atoms with van der Waals surface area (Å²) in [6, 6.07) is 0.563. The van der Waals surface area contributed by atoms with Crippen LogP contribution in [0, 0.1) is 0 Å². The quantitative estimate of drug-likeness (QED) is 0.491. The van der Waals surface area contributed by atoms with Gasteiger partial charge in [-0.2, -0.15) is 5.10 Å². The Kier molecular flexibility index (Phi) is 4.49. The van der Waals surface area contributed by atoms with Gasteiger partial charge in [-0.25, -0.2) is 19.6 Å². The molecule has 1 saturated heterocycles. The lowest BCUT2D eigenvalue weighted by molar-refractivity contribution is 0.368. The number of nitrogens with one attached hydrogen (secondary N) is 1. The summed E-state index contributed by atoms with van der Waals surface area (Å²) < 4.78 is 10.00. The molecular formula is C22H27N9O. The van der Waals surface area contributed by atoms with Crippen molar-refractivity contribution in [3.63, 3.8) is 0 Å². The molecule has 4 aromatic heterocycles. The monoisotopic (exact) mass is 433 g/mol. The molecule has 4 aromatic rings. The number of nitrogen functional groups attached to an aromatic ring is 1. The minimum Gasteiger partial charge on any atom is -0.383 e. The van der Waals surface area contributed by atoms with Crippen molar-refractivity contribution in [2.75, 3.05) is 18.8 Å². The molecule has 3 N–H and O–H groups in total. The molecule has 5 heterocycles. The van der Waals surface area contributed by atoms with Gasteiger partial charge < -0.3 is 20.1 Å². The summed E-state index contributed by atoms with van der Waals surface area (Å²) >= 11 is 0. The molecule has 1 aliphatic heterocycles. The summed E-state index contributed by atoms with van der Waals surface area (Å²) in [5, 5.41) is 13.5. The number of imidazole rings is 1. The summed E-state index contributed by atoms with van der Waals surface area (Å²) in [7, 11) is 0. The van der Waals surface area contributed by atoms with Gasteiger partial charge in [0.2, 0.25) is 0 Å². The van der Waals surface area contributed by atoms with E-state index in [2.05, 4.69) is 45.1 Å². The molecule has 0 aromatic carbocycles. The molecule has 32 heavy (non-hydrogen) atoms. The van der Waals surface area contributed by atoms with Gasteiger partial charge in [-0.1, -0.05) is 5.16 Å². The van der Waals surface area contributed by atoms with E-state index in [4.69, 9.17) is 20.3 Å². The molecular weight excluding hydrogens is 406 g/mol. The van der Waals surface area contributed by atoms with Gasteiger partial charge in [-0.15, -0.1) is 0 Å². The number of nitrogens with two attached hydrogens (primary N) is 1. The zero-order valence-corrected chi connectivity index (χ0v) is 18.3. The zero-order valence-electron chi connectivity index (χ0n) is 18.3. The number of fused-ring (bicyclic) bond motifs is 1. The molecule has 2 fully saturated rings. The Labute approximate surface area is 185 Å². The SMILES string of the molecule is CC(C)n1nc(-c2noc(C3CC3)c2-c2cn(C3CCNCC3)cn2)c2c(N)ncnc21. The molecule has 166 valence electrons. The maximum Gasteiger partial charge on any atom is 0.164 e. The third kappa shape index (κ3) is 3.09. The summed E-state index contributed by atoms with van der Waals surface area (Å²) in [6.07, 6.45) is 9.92. The number of rotatable bonds is 5. The number of piperidine rings is 1. The van der Waals surface area contributed by atoms with Crippen LogP contribution in [0.25, 0.3) is 33.7 Å². The van der Waals surface area contributed by atoms with Crippen LogP contribution >= 0.6 is 0 Å². The molecule has 10 heteroatoms. The highest BCUT2D eigenvalue weighted by Gasteiger charge is 2.36. The summed E-state index contributed by atoms with van der Waals surface area (Å²) in [4.78, 5) is 13.5. The highest BCUT2D eigenvalue weighted by Crippen LogP contribution is 2.48. The lowest BCUT2D eigenvalue weighted by Crippen LogP contribution is -2.28. The third-order valence-electron chi connectivity index (χ3n) is 6.49. The van der Waals surface area contributed by atoms with Crippen LogP contribution in [-0.4, -0.2) is 47.5 Å². The molecule has 6 rings (SSSR count). The first-order chi connectivity index (χ1) is 15.6. The number of aromatic nitrogens is 7. The first-order valence-corrected chi connectivity index (χ1v) is 11.3. The molecule has 10 nitrogen and oxygen atoms in total. The lowest BCUT2D eigenvalue weighted by atomic mass is 10.0. The van der Waals surface area contributed by atoms with Gasteiger partial charge in [0.15, 0.2) is 5.65 Å². The topological polar surface area (TPSA) is 126 Å². The Morgan fingerprint density at radius 2 is 1.91 bits per heavy atom. The minimum atomic E-state index is 0.109. The Morgan fingerprint density at radius 3 is 2.66 bits per heavy atom. The van der Waals surface area contributed by atoms with Crippen molar-refractivity contribution in [2.45, 2.75) is 57.5 Å². The molecule has 0 amide bonds. The summed E-state index contributed by atoms with van der Waals surface area (Å²) in [6.45, 7) is 6.19. The Hall–Kier alpha value is -3.27. The van der Waals surface area contributed by atoms with Crippen molar-refractivity contribution in [2.24, 2.45) is 0 Å². The first kappa shape index (κ1) is 19.4. The predicted molar refractivity (Wildman–Crippen MR) is 120 cm³/mol. The fourth-order valence-corrected chi connectivity index (χ4v) is 4.63. The standard InChI is InChI=1S/C22H27N9O/c1-12(2)31-22-17(21(23)25-10-26-22)18(28-31)19-16(20(32-29-19)13-3-4-13)15-9-30(11-27-15)14-5-7-24-8-6-14/h9-14,24H,3-8H2,1-2H3,(H2,23,25,26). The molecule has 0 radical (unpaired) electrons. The first-order valence-electron chi connectivity index (χ1n) is 11.3. The van der Waals surface area contributed by atoms with E-state index >= 15 is 0 Å². The van der Waals surface area contributed by atoms with Crippen molar-refractivity contribution in [1.82, 2.24) is 39.8 Å². The van der Waals surface area contributed by atoms with Gasteiger partial charge in [0.1, 0.15) is 29.3 Å². The Balaban J connectivity index is 1.52. The summed E-state index contributed by atoms with van der Waals surface area (Å²) in [5.74, 6) is 1.65. The summed E-state index contributed by atoms with van der Waals surface area (Å²) in [5.41, 5.74) is 10.1. The van der Waals surface area contributed by atoms with Gasteiger partial charge in [-0.3, -0.25) is 0 Å². The molecule has 1 aliphatic carbocycles. The molecule has 0 spiro atoms. The highest BCUT2D eigenvalue weighted by atomic mass is 16.5. The Bertz CT molecular complexity index is 1270. The van der Waals surface area contributed by atoms with Crippen LogP contribution in [0.15, 0.2) is 23.4 Å². The predicted octanol–water partition coefficient (Wildman–Crippen LogP) is 3.31. The van der Waals surface area contributed by atoms with Crippen molar-refractivity contribution >= 4 is 16.9 Å². The number of anilines is 1. The molecule has 0 bridgehead atoms. The maximum absolute atomic E-state index is 6.29. The minimum absolute atomic E-state index is 0.109. The fraction of sp³-hybridized carbons (Fsp3) is 0.500. The van der Waals surface area contributed by atoms with Crippen molar-refractivity contribution in [1.29, 1.82) is 0 Å². The van der Waals surface area contributed by atoms with Crippen LogP contribution in [-0.2, 0) is 0 Å². The number of nitrogens with zero attached hydrogens (tertiary/aromatic N) is 7.